The Bertz CT molecular complexity index is 542. The highest BCUT2D eigenvalue weighted by Crippen LogP contribution is 2.11. The smallest absolute Gasteiger partial charge is 0.309 e. The number of ether oxygens (including phenoxy) is 1. The van der Waals surface area contributed by atoms with Gasteiger partial charge in [0, 0.05) is 24.9 Å². The van der Waals surface area contributed by atoms with Crippen LogP contribution in [0, 0.1) is 11.7 Å². The normalized spacial score (nSPS) is 20.8. The molecule has 1 saturated heterocycles. The first kappa shape index (κ1) is 17.4. The molecule has 23 heavy (non-hydrogen) atoms. The molecular weight excluding hydrogens is 299 g/mol. The van der Waals surface area contributed by atoms with Crippen LogP contribution in [0.5, 0.6) is 0 Å². The summed E-state index contributed by atoms with van der Waals surface area (Å²) in [5.74, 6) is -0.580. The lowest BCUT2D eigenvalue weighted by Gasteiger charge is -2.27. The van der Waals surface area contributed by atoms with Gasteiger partial charge in [0.1, 0.15) is 5.82 Å². The Balaban J connectivity index is 1.71. The van der Waals surface area contributed by atoms with Crippen molar-refractivity contribution in [3.63, 3.8) is 0 Å². The first-order chi connectivity index (χ1) is 11.1. The molecule has 0 unspecified atom stereocenters. The molecule has 6 heteroatoms. The predicted octanol–water partition coefficient (Wildman–Crippen LogP) is 0.300. The molecule has 5 nitrogen and oxygen atoms in total. The number of amides is 1. The van der Waals surface area contributed by atoms with Gasteiger partial charge in [-0.15, -0.1) is 0 Å². The molecule has 1 aliphatic rings. The quantitative estimate of drug-likeness (QED) is 0.740. The zero-order valence-corrected chi connectivity index (χ0v) is 13.4. The molecule has 0 aliphatic carbocycles. The van der Waals surface area contributed by atoms with E-state index in [-0.39, 0.29) is 30.2 Å². The van der Waals surface area contributed by atoms with E-state index in [1.165, 1.54) is 6.07 Å². The standard InChI is InChI=1S/C17H23FN2O3/c1-2-23-17(22)13-7-9-20(10-8-13)12-16(21)19-11-14-5-3-4-6-15(14)18/h3-6,13H,2,7-12H2,1H3,(H,19,21)/p+1. The third kappa shape index (κ3) is 5.32. The molecule has 2 rings (SSSR count). The van der Waals surface area contributed by atoms with E-state index in [2.05, 4.69) is 5.32 Å². The van der Waals surface area contributed by atoms with Gasteiger partial charge >= 0.3 is 5.97 Å². The zero-order valence-electron chi connectivity index (χ0n) is 13.4. The van der Waals surface area contributed by atoms with Crippen molar-refractivity contribution < 1.29 is 23.6 Å². The van der Waals surface area contributed by atoms with Crippen LogP contribution in [0.25, 0.3) is 0 Å². The van der Waals surface area contributed by atoms with Crippen molar-refractivity contribution in [1.29, 1.82) is 0 Å². The van der Waals surface area contributed by atoms with Crippen LogP contribution in [-0.2, 0) is 20.9 Å². The van der Waals surface area contributed by atoms with Gasteiger partial charge in [-0.25, -0.2) is 4.39 Å². The fourth-order valence-corrected chi connectivity index (χ4v) is 2.82. The van der Waals surface area contributed by atoms with E-state index >= 15 is 0 Å². The average Bonchev–Trinajstić information content (AvgIpc) is 2.55. The van der Waals surface area contributed by atoms with Gasteiger partial charge in [-0.05, 0) is 13.0 Å². The fourth-order valence-electron chi connectivity index (χ4n) is 2.82. The number of quaternary nitrogens is 1. The van der Waals surface area contributed by atoms with E-state index in [0.29, 0.717) is 18.7 Å². The Morgan fingerprint density at radius 1 is 1.30 bits per heavy atom. The first-order valence-electron chi connectivity index (χ1n) is 8.10. The van der Waals surface area contributed by atoms with Crippen LogP contribution in [0.15, 0.2) is 24.3 Å². The van der Waals surface area contributed by atoms with Crippen LogP contribution in [0.3, 0.4) is 0 Å². The molecule has 0 bridgehead atoms. The second kappa shape index (κ2) is 8.62. The number of hydrogen-bond donors (Lipinski definition) is 2. The summed E-state index contributed by atoms with van der Waals surface area (Å²) in [6.45, 7) is 4.31. The Labute approximate surface area is 135 Å². The van der Waals surface area contributed by atoms with Gasteiger partial charge in [0.05, 0.1) is 25.6 Å². The summed E-state index contributed by atoms with van der Waals surface area (Å²) in [5.41, 5.74) is 0.483. The molecule has 1 aromatic rings. The number of carbonyl (C=O) groups is 2. The number of carbonyl (C=O) groups excluding carboxylic acids is 2. The molecule has 0 aromatic heterocycles. The second-order valence-electron chi connectivity index (χ2n) is 5.82. The number of esters is 1. The predicted molar refractivity (Wildman–Crippen MR) is 83.2 cm³/mol. The molecule has 0 atom stereocenters. The highest BCUT2D eigenvalue weighted by atomic mass is 19.1. The summed E-state index contributed by atoms with van der Waals surface area (Å²) in [6.07, 6.45) is 1.49. The number of benzene rings is 1. The Hall–Kier alpha value is -1.95. The van der Waals surface area contributed by atoms with Crippen molar-refractivity contribution in [3.05, 3.63) is 35.6 Å². The van der Waals surface area contributed by atoms with Gasteiger partial charge in [-0.1, -0.05) is 18.2 Å². The van der Waals surface area contributed by atoms with Gasteiger partial charge in [-0.2, -0.15) is 0 Å². The minimum Gasteiger partial charge on any atom is -0.466 e. The van der Waals surface area contributed by atoms with Crippen molar-refractivity contribution in [2.24, 2.45) is 5.92 Å². The fraction of sp³-hybridized carbons (Fsp3) is 0.529. The van der Waals surface area contributed by atoms with Crippen molar-refractivity contribution >= 4 is 11.9 Å². The van der Waals surface area contributed by atoms with Crippen molar-refractivity contribution in [1.82, 2.24) is 5.32 Å². The molecule has 0 radical (unpaired) electrons. The molecule has 1 aliphatic heterocycles. The lowest BCUT2D eigenvalue weighted by molar-refractivity contribution is -0.897. The number of likely N-dealkylation sites (tertiary alicyclic amines) is 1. The Kier molecular flexibility index (Phi) is 6.52. The number of piperidine rings is 1. The summed E-state index contributed by atoms with van der Waals surface area (Å²) >= 11 is 0. The maximum absolute atomic E-state index is 13.5. The minimum absolute atomic E-state index is 0.0415. The van der Waals surface area contributed by atoms with Gasteiger partial charge in [0.15, 0.2) is 6.54 Å². The Morgan fingerprint density at radius 3 is 2.65 bits per heavy atom. The third-order valence-corrected chi connectivity index (χ3v) is 4.16. The number of halogens is 1. The number of hydrogen-bond acceptors (Lipinski definition) is 3. The molecule has 1 heterocycles. The van der Waals surface area contributed by atoms with E-state index in [1.54, 1.807) is 25.1 Å². The van der Waals surface area contributed by atoms with E-state index in [4.69, 9.17) is 4.74 Å². The minimum atomic E-state index is -0.310. The zero-order chi connectivity index (χ0) is 16.7. The molecule has 2 N–H and O–H groups in total. The SMILES string of the molecule is CCOC(=O)C1CC[NH+](CC(=O)NCc2ccccc2F)CC1. The van der Waals surface area contributed by atoms with Crippen LogP contribution in [0.2, 0.25) is 0 Å². The van der Waals surface area contributed by atoms with Crippen LogP contribution >= 0.6 is 0 Å². The molecule has 126 valence electrons. The van der Waals surface area contributed by atoms with Gasteiger partial charge in [0.2, 0.25) is 0 Å². The molecule has 0 saturated carbocycles. The summed E-state index contributed by atoms with van der Waals surface area (Å²) in [4.78, 5) is 24.8. The number of rotatable bonds is 6. The van der Waals surface area contributed by atoms with Gasteiger partial charge < -0.3 is 15.0 Å². The monoisotopic (exact) mass is 323 g/mol. The van der Waals surface area contributed by atoms with E-state index in [9.17, 15) is 14.0 Å². The van der Waals surface area contributed by atoms with Crippen LogP contribution in [0.1, 0.15) is 25.3 Å². The molecule has 0 spiro atoms. The highest BCUT2D eigenvalue weighted by molar-refractivity contribution is 5.76. The summed E-state index contributed by atoms with van der Waals surface area (Å²) < 4.78 is 18.5. The van der Waals surface area contributed by atoms with Crippen molar-refractivity contribution in [2.45, 2.75) is 26.3 Å². The van der Waals surface area contributed by atoms with Crippen molar-refractivity contribution in [2.75, 3.05) is 26.2 Å². The lowest BCUT2D eigenvalue weighted by atomic mass is 9.97. The van der Waals surface area contributed by atoms with Crippen LogP contribution in [-0.4, -0.2) is 38.1 Å². The molecular formula is C17H24FN2O3+. The van der Waals surface area contributed by atoms with E-state index in [0.717, 1.165) is 30.8 Å². The molecule has 1 fully saturated rings. The number of nitrogens with one attached hydrogen (secondary N) is 2. The van der Waals surface area contributed by atoms with E-state index in [1.807, 2.05) is 0 Å². The summed E-state index contributed by atoms with van der Waals surface area (Å²) in [5, 5.41) is 2.75. The Morgan fingerprint density at radius 2 is 2.00 bits per heavy atom. The lowest BCUT2D eigenvalue weighted by Crippen LogP contribution is -3.14. The average molecular weight is 323 g/mol. The largest absolute Gasteiger partial charge is 0.466 e. The van der Waals surface area contributed by atoms with Crippen LogP contribution in [0.4, 0.5) is 4.39 Å². The summed E-state index contributed by atoms with van der Waals surface area (Å²) in [6, 6.07) is 6.41. The molecule has 1 aromatic carbocycles. The third-order valence-electron chi connectivity index (χ3n) is 4.16. The first-order valence-corrected chi connectivity index (χ1v) is 8.10. The van der Waals surface area contributed by atoms with Gasteiger partial charge in [0.25, 0.3) is 5.91 Å². The van der Waals surface area contributed by atoms with Crippen LogP contribution < -0.4 is 10.2 Å². The maximum atomic E-state index is 13.5. The molecule has 1 amide bonds. The topological polar surface area (TPSA) is 59.8 Å². The van der Waals surface area contributed by atoms with Gasteiger partial charge in [-0.3, -0.25) is 9.59 Å². The maximum Gasteiger partial charge on any atom is 0.309 e. The second-order valence-corrected chi connectivity index (χ2v) is 5.82. The van der Waals surface area contributed by atoms with Crippen molar-refractivity contribution in [3.8, 4) is 0 Å². The van der Waals surface area contributed by atoms with E-state index < -0.39 is 0 Å². The summed E-state index contributed by atoms with van der Waals surface area (Å²) in [7, 11) is 0. The highest BCUT2D eigenvalue weighted by Gasteiger charge is 2.29.